The van der Waals surface area contributed by atoms with Crippen LogP contribution in [0.4, 0.5) is 4.39 Å². The van der Waals surface area contributed by atoms with Gasteiger partial charge < -0.3 is 19.7 Å². The van der Waals surface area contributed by atoms with Gasteiger partial charge in [0, 0.05) is 33.3 Å². The zero-order valence-corrected chi connectivity index (χ0v) is 18.1. The normalized spacial score (nSPS) is 24.1. The van der Waals surface area contributed by atoms with E-state index < -0.39 is 0 Å². The molecule has 8 heteroatoms. The van der Waals surface area contributed by atoms with Crippen LogP contribution in [0.2, 0.25) is 0 Å². The van der Waals surface area contributed by atoms with E-state index in [1.807, 2.05) is 6.07 Å². The van der Waals surface area contributed by atoms with E-state index in [9.17, 15) is 4.39 Å². The molecule has 3 rings (SSSR count). The van der Waals surface area contributed by atoms with Crippen molar-refractivity contribution < 1.29 is 13.9 Å². The van der Waals surface area contributed by atoms with Crippen LogP contribution in [0.15, 0.2) is 27.7 Å². The highest BCUT2D eigenvalue weighted by Crippen LogP contribution is 2.21. The minimum absolute atomic E-state index is 0. The van der Waals surface area contributed by atoms with Crippen molar-refractivity contribution in [1.29, 1.82) is 0 Å². The van der Waals surface area contributed by atoms with Gasteiger partial charge in [-0.15, -0.1) is 24.0 Å². The molecule has 1 N–H and O–H groups in total. The van der Waals surface area contributed by atoms with Crippen molar-refractivity contribution >= 4 is 45.9 Å². The van der Waals surface area contributed by atoms with Gasteiger partial charge in [0.25, 0.3) is 0 Å². The summed E-state index contributed by atoms with van der Waals surface area (Å²) in [6.07, 6.45) is 2.44. The quantitative estimate of drug-likeness (QED) is 0.372. The summed E-state index contributed by atoms with van der Waals surface area (Å²) in [5.41, 5.74) is 0.876. The van der Waals surface area contributed by atoms with Crippen molar-refractivity contribution in [3.05, 3.63) is 34.1 Å². The zero-order chi connectivity index (χ0) is 16.9. The highest BCUT2D eigenvalue weighted by atomic mass is 127. The molecule has 0 aliphatic carbocycles. The Morgan fingerprint density at radius 1 is 1.36 bits per heavy atom. The number of hydrogen-bond donors (Lipinski definition) is 1. The summed E-state index contributed by atoms with van der Waals surface area (Å²) in [7, 11) is 1.76. The standard InChI is InChI=1S/C17H23BrFN3O2.HI/c1-20-17(21-10-12-4-5-13(18)14(19)9-12)22-6-8-24-16(11-22)15-3-2-7-23-15;/h4-5,9,15-16H,2-3,6-8,10-11H2,1H3,(H,20,21);1H. The van der Waals surface area contributed by atoms with Gasteiger partial charge in [0.1, 0.15) is 11.9 Å². The smallest absolute Gasteiger partial charge is 0.194 e. The van der Waals surface area contributed by atoms with E-state index in [1.54, 1.807) is 13.1 Å². The second-order valence-corrected chi connectivity index (χ2v) is 6.91. The number of morpholine rings is 1. The molecular formula is C17H24BrFIN3O2. The largest absolute Gasteiger partial charge is 0.375 e. The van der Waals surface area contributed by atoms with E-state index in [-0.39, 0.29) is 42.0 Å². The molecule has 0 aromatic heterocycles. The maximum absolute atomic E-state index is 13.6. The Balaban J connectivity index is 0.00000225. The van der Waals surface area contributed by atoms with Crippen LogP contribution in [-0.2, 0) is 16.0 Å². The topological polar surface area (TPSA) is 46.1 Å². The summed E-state index contributed by atoms with van der Waals surface area (Å²) in [6.45, 7) is 3.57. The summed E-state index contributed by atoms with van der Waals surface area (Å²) < 4.78 is 25.7. The third-order valence-electron chi connectivity index (χ3n) is 4.42. The molecule has 2 atom stereocenters. The van der Waals surface area contributed by atoms with Crippen LogP contribution in [0.1, 0.15) is 18.4 Å². The molecule has 0 saturated carbocycles. The fraction of sp³-hybridized carbons (Fsp3) is 0.588. The van der Waals surface area contributed by atoms with E-state index >= 15 is 0 Å². The fourth-order valence-electron chi connectivity index (χ4n) is 3.15. The SMILES string of the molecule is CN=C(NCc1ccc(Br)c(F)c1)N1CCOC(C2CCCO2)C1.I. The van der Waals surface area contributed by atoms with Crippen molar-refractivity contribution in [2.24, 2.45) is 4.99 Å². The maximum Gasteiger partial charge on any atom is 0.194 e. The Labute approximate surface area is 173 Å². The number of ether oxygens (including phenoxy) is 2. The molecule has 2 aliphatic rings. The number of guanidine groups is 1. The highest BCUT2D eigenvalue weighted by Gasteiger charge is 2.32. The lowest BCUT2D eigenvalue weighted by molar-refractivity contribution is -0.0817. The Bertz CT molecular complexity index is 599. The zero-order valence-electron chi connectivity index (χ0n) is 14.2. The molecule has 2 saturated heterocycles. The van der Waals surface area contributed by atoms with Crippen LogP contribution >= 0.6 is 39.9 Å². The van der Waals surface area contributed by atoms with E-state index in [4.69, 9.17) is 9.47 Å². The monoisotopic (exact) mass is 527 g/mol. The number of aliphatic imine (C=N–C) groups is 1. The first-order valence-corrected chi connectivity index (χ1v) is 9.09. The molecule has 2 fully saturated rings. The van der Waals surface area contributed by atoms with E-state index in [0.29, 0.717) is 17.6 Å². The molecule has 25 heavy (non-hydrogen) atoms. The van der Waals surface area contributed by atoms with Gasteiger partial charge in [-0.1, -0.05) is 6.07 Å². The number of nitrogens with one attached hydrogen (secondary N) is 1. The second kappa shape index (κ2) is 10.0. The van der Waals surface area contributed by atoms with E-state index in [0.717, 1.165) is 44.1 Å². The van der Waals surface area contributed by atoms with Gasteiger partial charge >= 0.3 is 0 Å². The molecule has 0 radical (unpaired) electrons. The molecule has 140 valence electrons. The molecule has 1 aromatic rings. The highest BCUT2D eigenvalue weighted by molar-refractivity contribution is 14.0. The van der Waals surface area contributed by atoms with Gasteiger partial charge in [-0.2, -0.15) is 0 Å². The number of nitrogens with zero attached hydrogens (tertiary/aromatic N) is 2. The van der Waals surface area contributed by atoms with E-state index in [1.165, 1.54) is 6.07 Å². The Kier molecular flexibility index (Phi) is 8.37. The molecule has 0 amide bonds. The average Bonchev–Trinajstić information content (AvgIpc) is 3.13. The van der Waals surface area contributed by atoms with Gasteiger partial charge in [0.2, 0.25) is 0 Å². The van der Waals surface area contributed by atoms with Gasteiger partial charge in [-0.25, -0.2) is 4.39 Å². The lowest BCUT2D eigenvalue weighted by atomic mass is 10.1. The van der Waals surface area contributed by atoms with Crippen LogP contribution in [0.25, 0.3) is 0 Å². The van der Waals surface area contributed by atoms with Crippen LogP contribution in [-0.4, -0.2) is 56.4 Å². The van der Waals surface area contributed by atoms with Crippen LogP contribution in [0, 0.1) is 5.82 Å². The molecule has 1 aromatic carbocycles. The minimum Gasteiger partial charge on any atom is -0.375 e. The molecule has 5 nitrogen and oxygen atoms in total. The molecule has 2 unspecified atom stereocenters. The van der Waals surface area contributed by atoms with E-state index in [2.05, 4.69) is 31.1 Å². The summed E-state index contributed by atoms with van der Waals surface area (Å²) in [6, 6.07) is 5.14. The van der Waals surface area contributed by atoms with Crippen molar-refractivity contribution in [3.63, 3.8) is 0 Å². The lowest BCUT2D eigenvalue weighted by Gasteiger charge is -2.37. The number of benzene rings is 1. The number of halogens is 3. The average molecular weight is 528 g/mol. The predicted octanol–water partition coefficient (Wildman–Crippen LogP) is 3.16. The van der Waals surface area contributed by atoms with Crippen molar-refractivity contribution in [2.45, 2.75) is 31.6 Å². The van der Waals surface area contributed by atoms with Gasteiger partial charge in [-0.05, 0) is 46.5 Å². The first kappa shape index (κ1) is 20.9. The van der Waals surface area contributed by atoms with Gasteiger partial charge in [0.15, 0.2) is 5.96 Å². The summed E-state index contributed by atoms with van der Waals surface area (Å²) in [5.74, 6) is 0.554. The molecule has 2 heterocycles. The maximum atomic E-state index is 13.6. The van der Waals surface area contributed by atoms with Crippen LogP contribution in [0.3, 0.4) is 0 Å². The Hall–Kier alpha value is -0.450. The molecule has 0 bridgehead atoms. The van der Waals surface area contributed by atoms with Gasteiger partial charge in [-0.3, -0.25) is 4.99 Å². The van der Waals surface area contributed by atoms with Crippen molar-refractivity contribution in [1.82, 2.24) is 10.2 Å². The number of hydrogen-bond acceptors (Lipinski definition) is 3. The Morgan fingerprint density at radius 2 is 2.16 bits per heavy atom. The third kappa shape index (κ3) is 5.51. The van der Waals surface area contributed by atoms with Crippen molar-refractivity contribution in [2.75, 3.05) is 33.4 Å². The summed E-state index contributed by atoms with van der Waals surface area (Å²) in [4.78, 5) is 6.55. The number of rotatable bonds is 3. The first-order valence-electron chi connectivity index (χ1n) is 8.30. The van der Waals surface area contributed by atoms with Gasteiger partial charge in [0.05, 0.1) is 17.2 Å². The minimum atomic E-state index is -0.255. The Morgan fingerprint density at radius 3 is 2.84 bits per heavy atom. The molecule has 2 aliphatic heterocycles. The fourth-order valence-corrected chi connectivity index (χ4v) is 3.40. The third-order valence-corrected chi connectivity index (χ3v) is 5.06. The molecule has 0 spiro atoms. The summed E-state index contributed by atoms with van der Waals surface area (Å²) >= 11 is 3.17. The summed E-state index contributed by atoms with van der Waals surface area (Å²) in [5, 5.41) is 3.31. The first-order chi connectivity index (χ1) is 11.7. The predicted molar refractivity (Wildman–Crippen MR) is 110 cm³/mol. The van der Waals surface area contributed by atoms with Crippen molar-refractivity contribution in [3.8, 4) is 0 Å². The lowest BCUT2D eigenvalue weighted by Crippen LogP contribution is -2.53. The van der Waals surface area contributed by atoms with Crippen LogP contribution in [0.5, 0.6) is 0 Å². The molecular weight excluding hydrogens is 504 g/mol. The van der Waals surface area contributed by atoms with Crippen LogP contribution < -0.4 is 5.32 Å². The second-order valence-electron chi connectivity index (χ2n) is 6.06.